The highest BCUT2D eigenvalue weighted by molar-refractivity contribution is 9.10. The molecule has 0 aliphatic heterocycles. The van der Waals surface area contributed by atoms with Gasteiger partial charge in [-0.1, -0.05) is 40.2 Å². The van der Waals surface area contributed by atoms with Gasteiger partial charge in [0.15, 0.2) is 0 Å². The highest BCUT2D eigenvalue weighted by Crippen LogP contribution is 2.35. The van der Waals surface area contributed by atoms with Crippen molar-refractivity contribution >= 4 is 44.7 Å². The van der Waals surface area contributed by atoms with Crippen LogP contribution in [0.1, 0.15) is 10.4 Å². The molecule has 0 atom stereocenters. The van der Waals surface area contributed by atoms with E-state index < -0.39 is 5.97 Å². The van der Waals surface area contributed by atoms with Gasteiger partial charge >= 0.3 is 5.97 Å². The van der Waals surface area contributed by atoms with Crippen LogP contribution in [-0.2, 0) is 4.74 Å². The number of benzene rings is 2. The van der Waals surface area contributed by atoms with Crippen molar-refractivity contribution in [2.24, 2.45) is 4.99 Å². The molecule has 0 unspecified atom stereocenters. The first-order valence-corrected chi connectivity index (χ1v) is 6.84. The molecule has 2 aromatic carbocycles. The predicted molar refractivity (Wildman–Crippen MR) is 84.8 cm³/mol. The fraction of sp³-hybridized carbons (Fsp3) is 0.200. The number of hydrogen-bond acceptors (Lipinski definition) is 3. The number of rotatable bonds is 3. The number of halogens is 1. The first-order valence-electron chi connectivity index (χ1n) is 6.04. The van der Waals surface area contributed by atoms with E-state index in [-0.39, 0.29) is 0 Å². The molecule has 0 aromatic heterocycles. The van der Waals surface area contributed by atoms with Crippen LogP contribution in [0.2, 0.25) is 0 Å². The summed E-state index contributed by atoms with van der Waals surface area (Å²) in [7, 11) is 5.12. The maximum atomic E-state index is 11.9. The van der Waals surface area contributed by atoms with Crippen LogP contribution in [-0.4, -0.2) is 38.4 Å². The number of hydrogen-bond donors (Lipinski definition) is 0. The Bertz CT molecular complexity index is 681. The van der Waals surface area contributed by atoms with E-state index >= 15 is 0 Å². The van der Waals surface area contributed by atoms with Crippen molar-refractivity contribution in [1.82, 2.24) is 4.90 Å². The molecule has 0 radical (unpaired) electrons. The molecule has 0 aliphatic rings. The van der Waals surface area contributed by atoms with Crippen molar-refractivity contribution < 1.29 is 9.53 Å². The van der Waals surface area contributed by atoms with Gasteiger partial charge in [0.2, 0.25) is 0 Å². The maximum absolute atomic E-state index is 11.9. The lowest BCUT2D eigenvalue weighted by Gasteiger charge is -2.11. The SMILES string of the molecule is COC(=O)c1cc(Br)c2ccccc2c1/N=C/N(C)C. The van der Waals surface area contributed by atoms with Crippen molar-refractivity contribution in [2.75, 3.05) is 21.2 Å². The Hall–Kier alpha value is -1.88. The lowest BCUT2D eigenvalue weighted by Crippen LogP contribution is -2.08. The predicted octanol–water partition coefficient (Wildman–Crippen LogP) is 3.61. The van der Waals surface area contributed by atoms with Crippen LogP contribution >= 0.6 is 15.9 Å². The molecule has 4 nitrogen and oxygen atoms in total. The number of fused-ring (bicyclic) bond motifs is 1. The second-order valence-corrected chi connectivity index (χ2v) is 5.35. The summed E-state index contributed by atoms with van der Waals surface area (Å²) < 4.78 is 5.69. The number of methoxy groups -OCH3 is 1. The number of esters is 1. The second-order valence-electron chi connectivity index (χ2n) is 4.50. The van der Waals surface area contributed by atoms with Gasteiger partial charge in [0, 0.05) is 24.0 Å². The van der Waals surface area contributed by atoms with Crippen molar-refractivity contribution in [1.29, 1.82) is 0 Å². The van der Waals surface area contributed by atoms with E-state index in [1.165, 1.54) is 7.11 Å². The summed E-state index contributed by atoms with van der Waals surface area (Å²) in [6.45, 7) is 0. The van der Waals surface area contributed by atoms with E-state index in [2.05, 4.69) is 20.9 Å². The number of ether oxygens (including phenoxy) is 1. The Balaban J connectivity index is 2.77. The summed E-state index contributed by atoms with van der Waals surface area (Å²) >= 11 is 3.49. The Morgan fingerprint density at radius 1 is 1.30 bits per heavy atom. The summed E-state index contributed by atoms with van der Waals surface area (Å²) in [5, 5.41) is 1.91. The Kier molecular flexibility index (Phi) is 4.39. The number of carbonyl (C=O) groups excluding carboxylic acids is 1. The maximum Gasteiger partial charge on any atom is 0.340 e. The zero-order valence-corrected chi connectivity index (χ0v) is 13.1. The Morgan fingerprint density at radius 3 is 2.55 bits per heavy atom. The van der Waals surface area contributed by atoms with Crippen LogP contribution in [0.4, 0.5) is 5.69 Å². The van der Waals surface area contributed by atoms with Gasteiger partial charge < -0.3 is 9.64 Å². The molecule has 0 heterocycles. The lowest BCUT2D eigenvalue weighted by molar-refractivity contribution is 0.0602. The van der Waals surface area contributed by atoms with E-state index in [1.54, 1.807) is 12.4 Å². The van der Waals surface area contributed by atoms with E-state index in [0.717, 1.165) is 15.2 Å². The topological polar surface area (TPSA) is 41.9 Å². The standard InChI is InChI=1S/C15H15BrN2O2/c1-18(2)9-17-14-11-7-5-4-6-10(11)13(16)8-12(14)15(19)20-3/h4-9H,1-3H3/b17-9+. The van der Waals surface area contributed by atoms with Gasteiger partial charge in [0.1, 0.15) is 0 Å². The first-order chi connectivity index (χ1) is 9.54. The van der Waals surface area contributed by atoms with Gasteiger partial charge in [0.25, 0.3) is 0 Å². The zero-order chi connectivity index (χ0) is 14.7. The average Bonchev–Trinajstić information content (AvgIpc) is 2.45. The van der Waals surface area contributed by atoms with E-state index in [0.29, 0.717) is 11.3 Å². The summed E-state index contributed by atoms with van der Waals surface area (Å²) in [6.07, 6.45) is 1.67. The fourth-order valence-electron chi connectivity index (χ4n) is 1.89. The minimum atomic E-state index is -0.401. The number of carbonyl (C=O) groups is 1. The summed E-state index contributed by atoms with van der Waals surface area (Å²) in [6, 6.07) is 9.54. The Morgan fingerprint density at radius 2 is 1.95 bits per heavy atom. The molecule has 0 amide bonds. The minimum Gasteiger partial charge on any atom is -0.465 e. The summed E-state index contributed by atoms with van der Waals surface area (Å²) in [5.41, 5.74) is 1.06. The third-order valence-electron chi connectivity index (χ3n) is 2.79. The molecule has 5 heteroatoms. The molecular formula is C15H15BrN2O2. The van der Waals surface area contributed by atoms with Crippen LogP contribution in [0.15, 0.2) is 39.8 Å². The highest BCUT2D eigenvalue weighted by atomic mass is 79.9. The molecule has 20 heavy (non-hydrogen) atoms. The van der Waals surface area contributed by atoms with Gasteiger partial charge in [0.05, 0.1) is 24.7 Å². The number of nitrogens with zero attached hydrogens (tertiary/aromatic N) is 2. The van der Waals surface area contributed by atoms with Crippen molar-refractivity contribution in [3.63, 3.8) is 0 Å². The summed E-state index contributed by atoms with van der Waals surface area (Å²) in [4.78, 5) is 18.2. The van der Waals surface area contributed by atoms with Gasteiger partial charge in [-0.15, -0.1) is 0 Å². The third-order valence-corrected chi connectivity index (χ3v) is 3.44. The van der Waals surface area contributed by atoms with E-state index in [1.807, 2.05) is 43.3 Å². The van der Waals surface area contributed by atoms with Gasteiger partial charge in [-0.25, -0.2) is 9.79 Å². The average molecular weight is 335 g/mol. The van der Waals surface area contributed by atoms with Crippen LogP contribution in [0.25, 0.3) is 10.8 Å². The van der Waals surface area contributed by atoms with Crippen LogP contribution in [0.5, 0.6) is 0 Å². The summed E-state index contributed by atoms with van der Waals surface area (Å²) in [5.74, 6) is -0.401. The molecule has 0 saturated carbocycles. The smallest absolute Gasteiger partial charge is 0.340 e. The largest absolute Gasteiger partial charge is 0.465 e. The Labute approximate surface area is 126 Å². The van der Waals surface area contributed by atoms with Crippen LogP contribution in [0.3, 0.4) is 0 Å². The molecular weight excluding hydrogens is 320 g/mol. The zero-order valence-electron chi connectivity index (χ0n) is 11.6. The minimum absolute atomic E-state index is 0.401. The van der Waals surface area contributed by atoms with Gasteiger partial charge in [-0.2, -0.15) is 0 Å². The van der Waals surface area contributed by atoms with Crippen LogP contribution < -0.4 is 0 Å². The van der Waals surface area contributed by atoms with Crippen LogP contribution in [0, 0.1) is 0 Å². The third kappa shape index (κ3) is 2.82. The quantitative estimate of drug-likeness (QED) is 0.489. The second kappa shape index (κ2) is 6.05. The van der Waals surface area contributed by atoms with Gasteiger partial charge in [-0.05, 0) is 11.5 Å². The molecule has 0 bridgehead atoms. The molecule has 0 aliphatic carbocycles. The molecule has 2 aromatic rings. The van der Waals surface area contributed by atoms with Gasteiger partial charge in [-0.3, -0.25) is 0 Å². The lowest BCUT2D eigenvalue weighted by atomic mass is 10.0. The first kappa shape index (κ1) is 14.5. The molecule has 0 N–H and O–H groups in total. The number of aliphatic imine (C=N–C) groups is 1. The fourth-order valence-corrected chi connectivity index (χ4v) is 2.47. The van der Waals surface area contributed by atoms with Crippen molar-refractivity contribution in [3.8, 4) is 0 Å². The van der Waals surface area contributed by atoms with Crippen molar-refractivity contribution in [3.05, 3.63) is 40.4 Å². The monoisotopic (exact) mass is 334 g/mol. The molecule has 2 rings (SSSR count). The normalized spacial score (nSPS) is 11.0. The molecule has 0 saturated heterocycles. The van der Waals surface area contributed by atoms with Crippen molar-refractivity contribution in [2.45, 2.75) is 0 Å². The molecule has 0 fully saturated rings. The van der Waals surface area contributed by atoms with E-state index in [4.69, 9.17) is 4.74 Å². The highest BCUT2D eigenvalue weighted by Gasteiger charge is 2.16. The molecule has 0 spiro atoms. The molecule has 104 valence electrons. The van der Waals surface area contributed by atoms with E-state index in [9.17, 15) is 4.79 Å².